The van der Waals surface area contributed by atoms with Gasteiger partial charge < -0.3 is 20.3 Å². The smallest absolute Gasteiger partial charge is 0.326 e. The molecular formula is C13H17NO5. The van der Waals surface area contributed by atoms with Crippen molar-refractivity contribution in [3.05, 3.63) is 29.8 Å². The van der Waals surface area contributed by atoms with Crippen LogP contribution in [0.2, 0.25) is 0 Å². The quantitative estimate of drug-likeness (QED) is 0.661. The number of benzene rings is 1. The number of carbonyl (C=O) groups excluding carboxylic acids is 1. The van der Waals surface area contributed by atoms with Gasteiger partial charge in [0, 0.05) is 13.0 Å². The lowest BCUT2D eigenvalue weighted by Gasteiger charge is -2.13. The van der Waals surface area contributed by atoms with E-state index in [1.165, 1.54) is 0 Å². The second-order valence-electron chi connectivity index (χ2n) is 4.07. The maximum absolute atomic E-state index is 11.5. The van der Waals surface area contributed by atoms with Crippen molar-refractivity contribution in [1.82, 2.24) is 5.32 Å². The molecule has 0 saturated carbocycles. The number of amides is 1. The van der Waals surface area contributed by atoms with E-state index >= 15 is 0 Å². The Morgan fingerprint density at radius 2 is 1.95 bits per heavy atom. The minimum atomic E-state index is -1.18. The Morgan fingerprint density at radius 1 is 1.32 bits per heavy atom. The summed E-state index contributed by atoms with van der Waals surface area (Å²) in [6.45, 7) is 1.36. The fraction of sp³-hybridized carbons (Fsp3) is 0.385. The van der Waals surface area contributed by atoms with E-state index in [0.717, 1.165) is 5.56 Å². The zero-order valence-corrected chi connectivity index (χ0v) is 10.6. The number of carboxylic acids is 1. The van der Waals surface area contributed by atoms with Crippen molar-refractivity contribution in [2.45, 2.75) is 19.4 Å². The minimum absolute atomic E-state index is 0.0361. The Hall–Kier alpha value is -2.08. The fourth-order valence-corrected chi connectivity index (χ4v) is 1.41. The topological polar surface area (TPSA) is 95.9 Å². The molecule has 3 N–H and O–H groups in total. The van der Waals surface area contributed by atoms with Crippen LogP contribution >= 0.6 is 0 Å². The number of aryl methyl sites for hydroxylation is 1. The third-order valence-corrected chi connectivity index (χ3v) is 2.44. The van der Waals surface area contributed by atoms with Gasteiger partial charge >= 0.3 is 5.97 Å². The lowest BCUT2D eigenvalue weighted by Crippen LogP contribution is -2.43. The second kappa shape index (κ2) is 7.38. The Labute approximate surface area is 111 Å². The average Bonchev–Trinajstić information content (AvgIpc) is 2.37. The fourth-order valence-electron chi connectivity index (χ4n) is 1.41. The van der Waals surface area contributed by atoms with Gasteiger partial charge in [0.2, 0.25) is 0 Å². The van der Waals surface area contributed by atoms with Crippen LogP contribution in [0.1, 0.15) is 12.0 Å². The lowest BCUT2D eigenvalue weighted by molar-refractivity contribution is -0.142. The molecule has 0 aromatic heterocycles. The highest BCUT2D eigenvalue weighted by atomic mass is 16.5. The number of nitrogens with one attached hydrogen (secondary N) is 1. The second-order valence-corrected chi connectivity index (χ2v) is 4.07. The van der Waals surface area contributed by atoms with Gasteiger partial charge in [0.25, 0.3) is 5.91 Å². The molecule has 1 aromatic rings. The molecule has 1 amide bonds. The van der Waals surface area contributed by atoms with Crippen LogP contribution in [0.25, 0.3) is 0 Å². The lowest BCUT2D eigenvalue weighted by atomic mass is 10.2. The van der Waals surface area contributed by atoms with Crippen molar-refractivity contribution in [1.29, 1.82) is 0 Å². The zero-order valence-electron chi connectivity index (χ0n) is 10.6. The third-order valence-electron chi connectivity index (χ3n) is 2.44. The first-order valence-electron chi connectivity index (χ1n) is 5.85. The van der Waals surface area contributed by atoms with Crippen LogP contribution in [0, 0.1) is 6.92 Å². The summed E-state index contributed by atoms with van der Waals surface area (Å²) in [5.74, 6) is -1.19. The van der Waals surface area contributed by atoms with Crippen molar-refractivity contribution in [3.63, 3.8) is 0 Å². The molecule has 0 aliphatic rings. The highest BCUT2D eigenvalue weighted by Gasteiger charge is 2.19. The molecule has 0 heterocycles. The van der Waals surface area contributed by atoms with E-state index in [4.69, 9.17) is 14.9 Å². The molecular weight excluding hydrogens is 250 g/mol. The molecule has 0 fully saturated rings. The van der Waals surface area contributed by atoms with Crippen LogP contribution in [0.3, 0.4) is 0 Å². The van der Waals surface area contributed by atoms with Gasteiger partial charge in [-0.2, -0.15) is 0 Å². The molecule has 0 aliphatic heterocycles. The SMILES string of the molecule is Cc1ccc(OCC(=O)N[C@H](CCO)C(=O)O)cc1. The molecule has 1 aromatic carbocycles. The van der Waals surface area contributed by atoms with E-state index in [1.54, 1.807) is 12.1 Å². The van der Waals surface area contributed by atoms with E-state index in [1.807, 2.05) is 19.1 Å². The van der Waals surface area contributed by atoms with Crippen LogP contribution in [-0.4, -0.2) is 41.3 Å². The maximum Gasteiger partial charge on any atom is 0.326 e. The first kappa shape index (κ1) is 15.0. The molecule has 104 valence electrons. The van der Waals surface area contributed by atoms with Crippen molar-refractivity contribution < 1.29 is 24.5 Å². The zero-order chi connectivity index (χ0) is 14.3. The Balaban J connectivity index is 2.42. The van der Waals surface area contributed by atoms with Crippen molar-refractivity contribution in [2.24, 2.45) is 0 Å². The molecule has 6 heteroatoms. The van der Waals surface area contributed by atoms with Crippen LogP contribution in [0.4, 0.5) is 0 Å². The minimum Gasteiger partial charge on any atom is -0.484 e. The highest BCUT2D eigenvalue weighted by Crippen LogP contribution is 2.10. The average molecular weight is 267 g/mol. The van der Waals surface area contributed by atoms with Crippen molar-refractivity contribution in [3.8, 4) is 5.75 Å². The molecule has 1 atom stereocenters. The van der Waals surface area contributed by atoms with E-state index in [9.17, 15) is 9.59 Å². The van der Waals surface area contributed by atoms with E-state index < -0.39 is 17.9 Å². The standard InChI is InChI=1S/C13H17NO5/c1-9-2-4-10(5-3-9)19-8-12(16)14-11(6-7-15)13(17)18/h2-5,11,15H,6-8H2,1H3,(H,14,16)(H,17,18)/t11-/m1/s1. The number of aliphatic hydroxyl groups is 1. The predicted octanol–water partition coefficient (Wildman–Crippen LogP) is 0.326. The molecule has 0 saturated heterocycles. The van der Waals surface area contributed by atoms with Crippen LogP contribution < -0.4 is 10.1 Å². The number of aliphatic hydroxyl groups excluding tert-OH is 1. The summed E-state index contributed by atoms with van der Waals surface area (Å²) in [6.07, 6.45) is -0.0361. The normalized spacial score (nSPS) is 11.7. The predicted molar refractivity (Wildman–Crippen MR) is 67.9 cm³/mol. The van der Waals surface area contributed by atoms with E-state index in [-0.39, 0.29) is 19.6 Å². The number of hydrogen-bond donors (Lipinski definition) is 3. The highest BCUT2D eigenvalue weighted by molar-refractivity contribution is 5.84. The summed E-state index contributed by atoms with van der Waals surface area (Å²) in [5.41, 5.74) is 1.07. The molecule has 0 unspecified atom stereocenters. The Bertz CT molecular complexity index is 429. The monoisotopic (exact) mass is 267 g/mol. The van der Waals surface area contributed by atoms with E-state index in [2.05, 4.69) is 5.32 Å². The summed E-state index contributed by atoms with van der Waals surface area (Å²) >= 11 is 0. The summed E-state index contributed by atoms with van der Waals surface area (Å²) in [7, 11) is 0. The van der Waals surface area contributed by atoms with Crippen LogP contribution in [0.15, 0.2) is 24.3 Å². The number of hydrogen-bond acceptors (Lipinski definition) is 4. The summed E-state index contributed by atoms with van der Waals surface area (Å²) in [4.78, 5) is 22.3. The van der Waals surface area contributed by atoms with Gasteiger partial charge in [-0.25, -0.2) is 4.79 Å². The maximum atomic E-state index is 11.5. The Morgan fingerprint density at radius 3 is 2.47 bits per heavy atom. The molecule has 0 aliphatic carbocycles. The first-order valence-corrected chi connectivity index (χ1v) is 5.85. The number of carboxylic acid groups (broad SMARTS) is 1. The molecule has 6 nitrogen and oxygen atoms in total. The molecule has 0 radical (unpaired) electrons. The largest absolute Gasteiger partial charge is 0.484 e. The summed E-state index contributed by atoms with van der Waals surface area (Å²) in [6, 6.07) is 6.05. The van der Waals surface area contributed by atoms with Gasteiger partial charge in [0.15, 0.2) is 6.61 Å². The molecule has 1 rings (SSSR count). The van der Waals surface area contributed by atoms with Crippen molar-refractivity contribution in [2.75, 3.05) is 13.2 Å². The van der Waals surface area contributed by atoms with Crippen molar-refractivity contribution >= 4 is 11.9 Å². The number of ether oxygens (including phenoxy) is 1. The first-order chi connectivity index (χ1) is 9.02. The van der Waals surface area contributed by atoms with Gasteiger partial charge in [0.1, 0.15) is 11.8 Å². The summed E-state index contributed by atoms with van der Waals surface area (Å²) in [5, 5.41) is 19.8. The van der Waals surface area contributed by atoms with Gasteiger partial charge in [-0.15, -0.1) is 0 Å². The van der Waals surface area contributed by atoms with Gasteiger partial charge in [0.05, 0.1) is 0 Å². The molecule has 0 bridgehead atoms. The Kier molecular flexibility index (Phi) is 5.81. The molecule has 0 spiro atoms. The number of carbonyl (C=O) groups is 2. The number of rotatable bonds is 7. The number of aliphatic carboxylic acids is 1. The van der Waals surface area contributed by atoms with Gasteiger partial charge in [-0.3, -0.25) is 4.79 Å². The summed E-state index contributed by atoms with van der Waals surface area (Å²) < 4.78 is 5.21. The van der Waals surface area contributed by atoms with E-state index in [0.29, 0.717) is 5.75 Å². The molecule has 19 heavy (non-hydrogen) atoms. The van der Waals surface area contributed by atoms with Crippen LogP contribution in [0.5, 0.6) is 5.75 Å². The van der Waals surface area contributed by atoms with Gasteiger partial charge in [-0.05, 0) is 19.1 Å². The van der Waals surface area contributed by atoms with Gasteiger partial charge in [-0.1, -0.05) is 17.7 Å². The van der Waals surface area contributed by atoms with Crippen LogP contribution in [-0.2, 0) is 9.59 Å². The third kappa shape index (κ3) is 5.39.